The van der Waals surface area contributed by atoms with Gasteiger partial charge in [-0.1, -0.05) is 60.3 Å². The molecule has 3 aromatic carbocycles. The number of likely N-dealkylation sites (N-methyl/N-ethyl adjacent to an activating group) is 1. The van der Waals surface area contributed by atoms with Crippen molar-refractivity contribution in [3.8, 4) is 0 Å². The van der Waals surface area contributed by atoms with E-state index in [4.69, 9.17) is 9.72 Å². The third-order valence-corrected chi connectivity index (χ3v) is 6.99. The van der Waals surface area contributed by atoms with Crippen molar-refractivity contribution in [1.29, 1.82) is 0 Å². The number of ether oxygens (including phenoxy) is 1. The van der Waals surface area contributed by atoms with E-state index < -0.39 is 5.97 Å². The first-order valence-corrected chi connectivity index (χ1v) is 12.3. The first-order valence-electron chi connectivity index (χ1n) is 11.5. The summed E-state index contributed by atoms with van der Waals surface area (Å²) in [7, 11) is 2.02. The van der Waals surface area contributed by atoms with Gasteiger partial charge in [-0.05, 0) is 37.4 Å². The number of amides is 1. The molecule has 0 bridgehead atoms. The number of esters is 1. The molecule has 1 aromatic heterocycles. The van der Waals surface area contributed by atoms with Crippen molar-refractivity contribution in [2.75, 3.05) is 25.5 Å². The summed E-state index contributed by atoms with van der Waals surface area (Å²) in [5.41, 5.74) is 3.75. The first kappa shape index (κ1) is 23.1. The summed E-state index contributed by atoms with van der Waals surface area (Å²) >= 11 is 1.56. The van der Waals surface area contributed by atoms with E-state index in [0.717, 1.165) is 44.9 Å². The number of benzene rings is 3. The second-order valence-electron chi connectivity index (χ2n) is 8.45. The quantitative estimate of drug-likeness (QED) is 0.382. The lowest BCUT2D eigenvalue weighted by Crippen LogP contribution is -2.30. The van der Waals surface area contributed by atoms with Crippen LogP contribution in [0.5, 0.6) is 0 Å². The van der Waals surface area contributed by atoms with Crippen molar-refractivity contribution in [1.82, 2.24) is 9.88 Å². The lowest BCUT2D eigenvalue weighted by Gasteiger charge is -2.26. The maximum Gasteiger partial charge on any atom is 0.339 e. The zero-order valence-corrected chi connectivity index (χ0v) is 20.2. The highest BCUT2D eigenvalue weighted by atomic mass is 32.2. The maximum absolute atomic E-state index is 13.2. The lowest BCUT2D eigenvalue weighted by molar-refractivity contribution is -0.119. The number of pyridine rings is 1. The van der Waals surface area contributed by atoms with Crippen LogP contribution in [0.15, 0.2) is 88.7 Å². The van der Waals surface area contributed by atoms with Crippen LogP contribution in [-0.2, 0) is 22.5 Å². The van der Waals surface area contributed by atoms with Gasteiger partial charge in [0, 0.05) is 45.9 Å². The highest BCUT2D eigenvalue weighted by molar-refractivity contribution is 7.99. The van der Waals surface area contributed by atoms with Crippen LogP contribution in [0.2, 0.25) is 0 Å². The van der Waals surface area contributed by atoms with E-state index in [2.05, 4.69) is 10.2 Å². The number of para-hydroxylation sites is 2. The number of anilines is 1. The molecule has 0 unspecified atom stereocenters. The fourth-order valence-electron chi connectivity index (χ4n) is 4.22. The van der Waals surface area contributed by atoms with Crippen LogP contribution in [0.1, 0.15) is 21.6 Å². The van der Waals surface area contributed by atoms with Crippen molar-refractivity contribution in [3.63, 3.8) is 0 Å². The monoisotopic (exact) mass is 483 g/mol. The van der Waals surface area contributed by atoms with Crippen molar-refractivity contribution in [2.24, 2.45) is 0 Å². The Bertz CT molecular complexity index is 1390. The smallest absolute Gasteiger partial charge is 0.339 e. The average Bonchev–Trinajstić information content (AvgIpc) is 2.88. The number of nitrogens with one attached hydrogen (secondary N) is 1. The number of fused-ring (bicyclic) bond motifs is 2. The highest BCUT2D eigenvalue weighted by Crippen LogP contribution is 2.33. The Morgan fingerprint density at radius 2 is 1.74 bits per heavy atom. The molecule has 2 heterocycles. The molecule has 5 rings (SSSR count). The predicted molar refractivity (Wildman–Crippen MR) is 138 cm³/mol. The molecule has 7 heteroatoms. The molecule has 1 aliphatic rings. The molecule has 35 heavy (non-hydrogen) atoms. The molecule has 0 atom stereocenters. The van der Waals surface area contributed by atoms with Crippen LogP contribution in [0.25, 0.3) is 10.9 Å². The lowest BCUT2D eigenvalue weighted by atomic mass is 9.96. The van der Waals surface area contributed by atoms with E-state index in [1.807, 2.05) is 85.9 Å². The minimum absolute atomic E-state index is 0.371. The number of nitrogens with zero attached hydrogens (tertiary/aromatic N) is 2. The molecular weight excluding hydrogens is 458 g/mol. The molecule has 1 N–H and O–H groups in total. The van der Waals surface area contributed by atoms with Gasteiger partial charge >= 0.3 is 5.97 Å². The summed E-state index contributed by atoms with van der Waals surface area (Å²) in [4.78, 5) is 34.9. The molecule has 1 aliphatic heterocycles. The fraction of sp³-hybridized carbons (Fsp3) is 0.179. The predicted octanol–water partition coefficient (Wildman–Crippen LogP) is 5.17. The molecule has 0 spiro atoms. The SMILES string of the molecule is CN1CCc2nc3ccccc3c(C(=O)OCC(=O)Nc3ccccc3Sc3ccccc3)c2C1. The summed E-state index contributed by atoms with van der Waals surface area (Å²) in [6, 6.07) is 25.1. The number of hydrogen-bond donors (Lipinski definition) is 1. The van der Waals surface area contributed by atoms with Crippen LogP contribution >= 0.6 is 11.8 Å². The van der Waals surface area contributed by atoms with Gasteiger partial charge in [0.1, 0.15) is 0 Å². The Morgan fingerprint density at radius 3 is 2.60 bits per heavy atom. The zero-order chi connectivity index (χ0) is 24.2. The van der Waals surface area contributed by atoms with Gasteiger partial charge in [-0.3, -0.25) is 9.78 Å². The number of rotatable bonds is 6. The fourth-order valence-corrected chi connectivity index (χ4v) is 5.15. The summed E-state index contributed by atoms with van der Waals surface area (Å²) in [6.07, 6.45) is 0.771. The molecule has 0 aliphatic carbocycles. The third-order valence-electron chi connectivity index (χ3n) is 5.91. The van der Waals surface area contributed by atoms with Gasteiger partial charge in [0.15, 0.2) is 6.61 Å². The van der Waals surface area contributed by atoms with Gasteiger partial charge in [-0.25, -0.2) is 4.79 Å². The average molecular weight is 484 g/mol. The summed E-state index contributed by atoms with van der Waals surface area (Å²) in [5, 5.41) is 3.63. The molecule has 0 saturated heterocycles. The molecule has 176 valence electrons. The summed E-state index contributed by atoms with van der Waals surface area (Å²) < 4.78 is 5.53. The minimum atomic E-state index is -0.503. The Hall–Kier alpha value is -3.68. The van der Waals surface area contributed by atoms with Crippen molar-refractivity contribution in [2.45, 2.75) is 22.8 Å². The Labute approximate surface area is 208 Å². The van der Waals surface area contributed by atoms with Gasteiger partial charge in [-0.15, -0.1) is 0 Å². The van der Waals surface area contributed by atoms with Crippen LogP contribution in [0.3, 0.4) is 0 Å². The van der Waals surface area contributed by atoms with E-state index in [-0.39, 0.29) is 12.5 Å². The van der Waals surface area contributed by atoms with E-state index in [0.29, 0.717) is 17.8 Å². The van der Waals surface area contributed by atoms with Gasteiger partial charge in [0.2, 0.25) is 0 Å². The number of aromatic nitrogens is 1. The minimum Gasteiger partial charge on any atom is -0.452 e. The first-order chi connectivity index (χ1) is 17.1. The second kappa shape index (κ2) is 10.3. The molecule has 0 fully saturated rings. The van der Waals surface area contributed by atoms with E-state index in [9.17, 15) is 9.59 Å². The molecule has 0 saturated carbocycles. The van der Waals surface area contributed by atoms with Crippen LogP contribution < -0.4 is 5.32 Å². The topological polar surface area (TPSA) is 71.5 Å². The van der Waals surface area contributed by atoms with Crippen LogP contribution in [0.4, 0.5) is 5.69 Å². The maximum atomic E-state index is 13.2. The standard InChI is InChI=1S/C28H25N3O3S/c1-31-16-15-23-21(17-31)27(20-11-5-6-12-22(20)29-23)28(33)34-18-26(32)30-24-13-7-8-14-25(24)35-19-9-3-2-4-10-19/h2-14H,15-18H2,1H3,(H,30,32). The second-order valence-corrected chi connectivity index (χ2v) is 9.57. The largest absolute Gasteiger partial charge is 0.452 e. The van der Waals surface area contributed by atoms with Crippen LogP contribution in [-0.4, -0.2) is 42.0 Å². The van der Waals surface area contributed by atoms with Crippen molar-refractivity contribution in [3.05, 3.63) is 95.7 Å². The third kappa shape index (κ3) is 5.21. The van der Waals surface area contributed by atoms with Gasteiger partial charge in [-0.2, -0.15) is 0 Å². The van der Waals surface area contributed by atoms with Gasteiger partial charge < -0.3 is 15.0 Å². The Morgan fingerprint density at radius 1 is 1.00 bits per heavy atom. The van der Waals surface area contributed by atoms with E-state index in [1.54, 1.807) is 11.8 Å². The Balaban J connectivity index is 1.32. The molecule has 4 aromatic rings. The zero-order valence-electron chi connectivity index (χ0n) is 19.4. The molecule has 1 amide bonds. The number of carbonyl (C=O) groups is 2. The van der Waals surface area contributed by atoms with Crippen molar-refractivity contribution >= 4 is 40.2 Å². The van der Waals surface area contributed by atoms with Gasteiger partial charge in [0.25, 0.3) is 5.91 Å². The summed E-state index contributed by atoms with van der Waals surface area (Å²) in [6.45, 7) is 1.13. The summed E-state index contributed by atoms with van der Waals surface area (Å²) in [5.74, 6) is -0.888. The molecular formula is C28H25N3O3S. The van der Waals surface area contributed by atoms with Gasteiger partial charge in [0.05, 0.1) is 16.8 Å². The normalized spacial score (nSPS) is 13.3. The highest BCUT2D eigenvalue weighted by Gasteiger charge is 2.25. The van der Waals surface area contributed by atoms with Crippen molar-refractivity contribution < 1.29 is 14.3 Å². The van der Waals surface area contributed by atoms with E-state index in [1.165, 1.54) is 0 Å². The van der Waals surface area contributed by atoms with E-state index >= 15 is 0 Å². The van der Waals surface area contributed by atoms with Crippen LogP contribution in [0, 0.1) is 0 Å². The Kier molecular flexibility index (Phi) is 6.79. The molecule has 0 radical (unpaired) electrons. The molecule has 6 nitrogen and oxygen atoms in total. The number of hydrogen-bond acceptors (Lipinski definition) is 6. The number of carbonyl (C=O) groups excluding carboxylic acids is 2.